The van der Waals surface area contributed by atoms with E-state index in [-0.39, 0.29) is 11.8 Å². The molecule has 0 spiro atoms. The molecule has 1 rings (SSSR count). The first-order chi connectivity index (χ1) is 7.49. The third-order valence-electron chi connectivity index (χ3n) is 2.69. The summed E-state index contributed by atoms with van der Waals surface area (Å²) >= 11 is 0. The molecule has 0 aromatic carbocycles. The van der Waals surface area contributed by atoms with E-state index in [1.165, 1.54) is 0 Å². The molecule has 88 valence electrons. The summed E-state index contributed by atoms with van der Waals surface area (Å²) in [7, 11) is 2.03. The van der Waals surface area contributed by atoms with Crippen LogP contribution in [-0.4, -0.2) is 28.8 Å². The first-order valence-electron chi connectivity index (χ1n) is 5.61. The molecule has 1 unspecified atom stereocenters. The predicted octanol–water partition coefficient (Wildman–Crippen LogP) is 2.19. The van der Waals surface area contributed by atoms with Gasteiger partial charge < -0.3 is 0 Å². The highest BCUT2D eigenvalue weighted by Gasteiger charge is 2.12. The van der Waals surface area contributed by atoms with E-state index >= 15 is 0 Å². The Morgan fingerprint density at radius 1 is 1.50 bits per heavy atom. The van der Waals surface area contributed by atoms with Gasteiger partial charge >= 0.3 is 0 Å². The molecule has 3 nitrogen and oxygen atoms in total. The van der Waals surface area contributed by atoms with Gasteiger partial charge in [0.25, 0.3) is 0 Å². The first-order valence-corrected chi connectivity index (χ1v) is 5.61. The van der Waals surface area contributed by atoms with Gasteiger partial charge in [0.15, 0.2) is 0 Å². The Balaban J connectivity index is 2.56. The second kappa shape index (κ2) is 5.75. The van der Waals surface area contributed by atoms with Crippen molar-refractivity contribution < 1.29 is 4.79 Å². The highest BCUT2D eigenvalue weighted by molar-refractivity contribution is 5.76. The van der Waals surface area contributed by atoms with Crippen LogP contribution in [-0.2, 0) is 11.3 Å². The monoisotopic (exact) mass is 220 g/mol. The van der Waals surface area contributed by atoms with Crippen molar-refractivity contribution in [3.8, 4) is 0 Å². The van der Waals surface area contributed by atoms with Crippen LogP contribution in [0.5, 0.6) is 0 Å². The van der Waals surface area contributed by atoms with E-state index in [0.717, 1.165) is 17.9 Å². The van der Waals surface area contributed by atoms with Crippen molar-refractivity contribution in [2.24, 2.45) is 0 Å². The highest BCUT2D eigenvalue weighted by Crippen LogP contribution is 2.07. The molecule has 1 atom stereocenters. The number of Topliss-reactive ketones (excluding diaryl/α,β-unsaturated/α-hetero) is 1. The summed E-state index contributed by atoms with van der Waals surface area (Å²) in [4.78, 5) is 17.6. The van der Waals surface area contributed by atoms with Gasteiger partial charge in [-0.1, -0.05) is 6.07 Å². The van der Waals surface area contributed by atoms with Crippen molar-refractivity contribution >= 4 is 5.78 Å². The normalized spacial score (nSPS) is 12.8. The molecule has 0 amide bonds. The lowest BCUT2D eigenvalue weighted by molar-refractivity contribution is -0.118. The largest absolute Gasteiger partial charge is 0.300 e. The Labute approximate surface area is 97.5 Å². The number of rotatable bonds is 5. The number of nitrogens with zero attached hydrogens (tertiary/aromatic N) is 2. The Bertz CT molecular complexity index is 363. The number of carbonyl (C=O) groups excluding carboxylic acids is 1. The maximum absolute atomic E-state index is 11.0. The van der Waals surface area contributed by atoms with Crippen LogP contribution in [0.1, 0.15) is 31.7 Å². The number of aromatic nitrogens is 1. The minimum absolute atomic E-state index is 0.233. The average molecular weight is 220 g/mol. The van der Waals surface area contributed by atoms with Gasteiger partial charge in [-0.05, 0) is 40.0 Å². The van der Waals surface area contributed by atoms with Gasteiger partial charge in [-0.15, -0.1) is 0 Å². The lowest BCUT2D eigenvalue weighted by Crippen LogP contribution is -2.30. The first kappa shape index (κ1) is 12.8. The average Bonchev–Trinajstić information content (AvgIpc) is 2.16. The van der Waals surface area contributed by atoms with E-state index in [1.54, 1.807) is 6.92 Å². The predicted molar refractivity (Wildman–Crippen MR) is 65.2 cm³/mol. The minimum atomic E-state index is 0.233. The lowest BCUT2D eigenvalue weighted by atomic mass is 10.1. The molecule has 0 aliphatic heterocycles. The summed E-state index contributed by atoms with van der Waals surface area (Å²) in [5, 5.41) is 0. The number of aryl methyl sites for hydroxylation is 1. The summed E-state index contributed by atoms with van der Waals surface area (Å²) < 4.78 is 0. The SMILES string of the molecule is CC(=O)CC(C)N(C)Cc1cccc(C)n1. The van der Waals surface area contributed by atoms with Crippen molar-refractivity contribution in [2.75, 3.05) is 7.05 Å². The number of pyridine rings is 1. The molecule has 0 aliphatic rings. The molecule has 1 aromatic heterocycles. The quantitative estimate of drug-likeness (QED) is 0.762. The van der Waals surface area contributed by atoms with Crippen molar-refractivity contribution in [2.45, 2.75) is 39.8 Å². The van der Waals surface area contributed by atoms with Crippen LogP contribution in [0.2, 0.25) is 0 Å². The van der Waals surface area contributed by atoms with Crippen LogP contribution in [0.15, 0.2) is 18.2 Å². The summed E-state index contributed by atoms with van der Waals surface area (Å²) in [6.07, 6.45) is 0.600. The van der Waals surface area contributed by atoms with Crippen LogP contribution in [0.25, 0.3) is 0 Å². The van der Waals surface area contributed by atoms with Crippen molar-refractivity contribution in [3.05, 3.63) is 29.6 Å². The molecule has 0 aliphatic carbocycles. The summed E-state index contributed by atoms with van der Waals surface area (Å²) in [6, 6.07) is 6.29. The second-order valence-corrected chi connectivity index (χ2v) is 4.44. The fourth-order valence-corrected chi connectivity index (χ4v) is 1.67. The lowest BCUT2D eigenvalue weighted by Gasteiger charge is -2.23. The van der Waals surface area contributed by atoms with Crippen LogP contribution in [0, 0.1) is 6.92 Å². The van der Waals surface area contributed by atoms with Gasteiger partial charge in [-0.25, -0.2) is 0 Å². The molecule has 1 aromatic rings. The number of hydrogen-bond acceptors (Lipinski definition) is 3. The van der Waals surface area contributed by atoms with Crippen molar-refractivity contribution in [1.82, 2.24) is 9.88 Å². The number of ketones is 1. The van der Waals surface area contributed by atoms with E-state index in [9.17, 15) is 4.79 Å². The highest BCUT2D eigenvalue weighted by atomic mass is 16.1. The van der Waals surface area contributed by atoms with E-state index in [1.807, 2.05) is 32.2 Å². The van der Waals surface area contributed by atoms with Crippen LogP contribution in [0.3, 0.4) is 0 Å². The van der Waals surface area contributed by atoms with Gasteiger partial charge in [0.2, 0.25) is 0 Å². The standard InChI is InChI=1S/C13H20N2O/c1-10-6-5-7-13(14-10)9-15(4)11(2)8-12(3)16/h5-7,11H,8-9H2,1-4H3. The minimum Gasteiger partial charge on any atom is -0.300 e. The Morgan fingerprint density at radius 3 is 2.75 bits per heavy atom. The molecule has 0 saturated heterocycles. The zero-order valence-corrected chi connectivity index (χ0v) is 10.5. The fraction of sp³-hybridized carbons (Fsp3) is 0.538. The number of hydrogen-bond donors (Lipinski definition) is 0. The molecular weight excluding hydrogens is 200 g/mol. The van der Waals surface area contributed by atoms with Crippen LogP contribution < -0.4 is 0 Å². The Kier molecular flexibility index (Phi) is 4.62. The van der Waals surface area contributed by atoms with E-state index < -0.39 is 0 Å². The molecule has 3 heteroatoms. The molecule has 0 bridgehead atoms. The van der Waals surface area contributed by atoms with Crippen molar-refractivity contribution in [3.63, 3.8) is 0 Å². The number of carbonyl (C=O) groups is 1. The van der Waals surface area contributed by atoms with Gasteiger partial charge in [-0.2, -0.15) is 0 Å². The summed E-state index contributed by atoms with van der Waals surface area (Å²) in [5.41, 5.74) is 2.09. The third kappa shape index (κ3) is 4.11. The summed E-state index contributed by atoms with van der Waals surface area (Å²) in [5.74, 6) is 0.233. The Hall–Kier alpha value is -1.22. The van der Waals surface area contributed by atoms with E-state index in [2.05, 4.69) is 16.8 Å². The molecule has 0 fully saturated rings. The molecular formula is C13H20N2O. The van der Waals surface area contributed by atoms with E-state index in [4.69, 9.17) is 0 Å². The molecule has 0 saturated carbocycles. The smallest absolute Gasteiger partial charge is 0.131 e. The topological polar surface area (TPSA) is 33.2 Å². The Morgan fingerprint density at radius 2 is 2.19 bits per heavy atom. The summed E-state index contributed by atoms with van der Waals surface area (Å²) in [6.45, 7) is 6.48. The van der Waals surface area contributed by atoms with Crippen molar-refractivity contribution in [1.29, 1.82) is 0 Å². The molecule has 0 N–H and O–H groups in total. The van der Waals surface area contributed by atoms with Gasteiger partial charge in [0, 0.05) is 24.7 Å². The zero-order valence-electron chi connectivity index (χ0n) is 10.5. The van der Waals surface area contributed by atoms with Crippen LogP contribution >= 0.6 is 0 Å². The fourth-order valence-electron chi connectivity index (χ4n) is 1.67. The third-order valence-corrected chi connectivity index (χ3v) is 2.69. The van der Waals surface area contributed by atoms with Gasteiger partial charge in [0.05, 0.1) is 5.69 Å². The van der Waals surface area contributed by atoms with Crippen LogP contribution in [0.4, 0.5) is 0 Å². The maximum Gasteiger partial charge on any atom is 0.131 e. The van der Waals surface area contributed by atoms with Gasteiger partial charge in [0.1, 0.15) is 5.78 Å². The van der Waals surface area contributed by atoms with Gasteiger partial charge in [-0.3, -0.25) is 14.7 Å². The molecule has 0 radical (unpaired) electrons. The maximum atomic E-state index is 11.0. The van der Waals surface area contributed by atoms with E-state index in [0.29, 0.717) is 6.42 Å². The zero-order chi connectivity index (χ0) is 12.1. The molecule has 1 heterocycles. The second-order valence-electron chi connectivity index (χ2n) is 4.44. The molecule has 16 heavy (non-hydrogen) atoms.